The van der Waals surface area contributed by atoms with Gasteiger partial charge < -0.3 is 15.1 Å². The minimum Gasteiger partial charge on any atom is -0.353 e. The van der Waals surface area contributed by atoms with E-state index in [9.17, 15) is 14.9 Å². The van der Waals surface area contributed by atoms with Crippen molar-refractivity contribution in [3.63, 3.8) is 0 Å². The minimum atomic E-state index is -0.449. The van der Waals surface area contributed by atoms with Gasteiger partial charge in [0.25, 0.3) is 5.69 Å². The van der Waals surface area contributed by atoms with Crippen LogP contribution in [0.15, 0.2) is 30.3 Å². The number of nitrogens with zero attached hydrogens (tertiary/aromatic N) is 3. The highest BCUT2D eigenvalue weighted by Gasteiger charge is 2.12. The Morgan fingerprint density at radius 1 is 1.33 bits per heavy atom. The van der Waals surface area contributed by atoms with Crippen molar-refractivity contribution in [3.05, 3.63) is 46.0 Å². The number of carbonyl (C=O) groups excluding carboxylic acids is 1. The summed E-state index contributed by atoms with van der Waals surface area (Å²) in [6, 6.07) is 6.20. The van der Waals surface area contributed by atoms with Crippen LogP contribution in [0.4, 0.5) is 5.69 Å². The fraction of sp³-hybridized carbons (Fsp3) is 0.471. The number of hydrogen-bond acceptors (Lipinski definition) is 5. The Bertz CT molecular complexity index is 595. The Balaban J connectivity index is 1.67. The van der Waals surface area contributed by atoms with E-state index in [4.69, 9.17) is 0 Å². The molecule has 0 unspecified atom stereocenters. The van der Waals surface area contributed by atoms with Gasteiger partial charge in [-0.2, -0.15) is 0 Å². The molecule has 0 atom stereocenters. The van der Waals surface area contributed by atoms with Gasteiger partial charge >= 0.3 is 0 Å². The first kappa shape index (κ1) is 18.1. The van der Waals surface area contributed by atoms with E-state index in [1.165, 1.54) is 18.2 Å². The Hall–Kier alpha value is -2.25. The lowest BCUT2D eigenvalue weighted by molar-refractivity contribution is -0.384. The molecule has 24 heavy (non-hydrogen) atoms. The van der Waals surface area contributed by atoms with Crippen molar-refractivity contribution in [2.45, 2.75) is 6.42 Å². The molecule has 1 aliphatic heterocycles. The van der Waals surface area contributed by atoms with E-state index in [1.807, 2.05) is 0 Å². The quantitative estimate of drug-likeness (QED) is 0.353. The summed E-state index contributed by atoms with van der Waals surface area (Å²) in [4.78, 5) is 26.8. The molecular weight excluding hydrogens is 308 g/mol. The second kappa shape index (κ2) is 9.14. The van der Waals surface area contributed by atoms with Gasteiger partial charge in [0.15, 0.2) is 0 Å². The van der Waals surface area contributed by atoms with Crippen molar-refractivity contribution in [3.8, 4) is 0 Å². The lowest BCUT2D eigenvalue weighted by Crippen LogP contribution is -2.45. The molecule has 130 valence electrons. The predicted octanol–water partition coefficient (Wildman–Crippen LogP) is 1.36. The van der Waals surface area contributed by atoms with Crippen molar-refractivity contribution in [2.75, 3.05) is 46.3 Å². The number of carbonyl (C=O) groups is 1. The van der Waals surface area contributed by atoms with Crippen LogP contribution in [-0.2, 0) is 4.79 Å². The lowest BCUT2D eigenvalue weighted by Gasteiger charge is -2.32. The first-order valence-corrected chi connectivity index (χ1v) is 8.16. The molecule has 1 aromatic carbocycles. The molecule has 0 radical (unpaired) electrons. The average molecular weight is 332 g/mol. The van der Waals surface area contributed by atoms with Gasteiger partial charge in [-0.25, -0.2) is 0 Å². The highest BCUT2D eigenvalue weighted by molar-refractivity contribution is 5.91. The SMILES string of the molecule is CN1CCN(CCCNC(=O)/C=C/c2cccc([N+](=O)[O-])c2)CC1. The number of benzene rings is 1. The summed E-state index contributed by atoms with van der Waals surface area (Å²) in [5, 5.41) is 13.6. The van der Waals surface area contributed by atoms with Crippen molar-refractivity contribution in [1.29, 1.82) is 0 Å². The second-order valence-corrected chi connectivity index (χ2v) is 5.97. The summed E-state index contributed by atoms with van der Waals surface area (Å²) >= 11 is 0. The van der Waals surface area contributed by atoms with Gasteiger partial charge in [0, 0.05) is 50.9 Å². The molecular formula is C17H24N4O3. The number of hydrogen-bond donors (Lipinski definition) is 1. The van der Waals surface area contributed by atoms with E-state index in [1.54, 1.807) is 18.2 Å². The van der Waals surface area contributed by atoms with Gasteiger partial charge in [-0.15, -0.1) is 0 Å². The zero-order valence-electron chi connectivity index (χ0n) is 14.0. The zero-order chi connectivity index (χ0) is 17.4. The van der Waals surface area contributed by atoms with Crippen LogP contribution in [0.1, 0.15) is 12.0 Å². The Labute approximate surface area is 142 Å². The van der Waals surface area contributed by atoms with E-state index in [2.05, 4.69) is 22.2 Å². The molecule has 7 nitrogen and oxygen atoms in total. The summed E-state index contributed by atoms with van der Waals surface area (Å²) in [5.74, 6) is -0.181. The lowest BCUT2D eigenvalue weighted by atomic mass is 10.2. The van der Waals surface area contributed by atoms with Gasteiger partial charge in [0.05, 0.1) is 4.92 Å². The minimum absolute atomic E-state index is 0.0183. The van der Waals surface area contributed by atoms with Gasteiger partial charge in [-0.3, -0.25) is 14.9 Å². The Kier molecular flexibility index (Phi) is 6.89. The van der Waals surface area contributed by atoms with Crippen molar-refractivity contribution >= 4 is 17.7 Å². The highest BCUT2D eigenvalue weighted by atomic mass is 16.6. The molecule has 0 saturated carbocycles. The third-order valence-corrected chi connectivity index (χ3v) is 4.05. The van der Waals surface area contributed by atoms with Crippen LogP contribution in [0.3, 0.4) is 0 Å². The maximum absolute atomic E-state index is 11.8. The van der Waals surface area contributed by atoms with Crippen LogP contribution in [-0.4, -0.2) is 66.9 Å². The van der Waals surface area contributed by atoms with Gasteiger partial charge in [0.2, 0.25) is 5.91 Å². The van der Waals surface area contributed by atoms with Crippen LogP contribution in [0.25, 0.3) is 6.08 Å². The number of rotatable bonds is 7. The Morgan fingerprint density at radius 3 is 2.79 bits per heavy atom. The predicted molar refractivity (Wildman–Crippen MR) is 93.7 cm³/mol. The number of nitrogens with one attached hydrogen (secondary N) is 1. The number of piperazine rings is 1. The van der Waals surface area contributed by atoms with E-state index >= 15 is 0 Å². The summed E-state index contributed by atoms with van der Waals surface area (Å²) < 4.78 is 0. The second-order valence-electron chi connectivity index (χ2n) is 5.97. The van der Waals surface area contributed by atoms with E-state index in [-0.39, 0.29) is 11.6 Å². The smallest absolute Gasteiger partial charge is 0.270 e. The fourth-order valence-electron chi connectivity index (χ4n) is 2.56. The van der Waals surface area contributed by atoms with E-state index in [0.29, 0.717) is 12.1 Å². The van der Waals surface area contributed by atoms with Gasteiger partial charge in [-0.1, -0.05) is 12.1 Å². The molecule has 2 rings (SSSR count). The largest absolute Gasteiger partial charge is 0.353 e. The van der Waals surface area contributed by atoms with E-state index in [0.717, 1.165) is 39.1 Å². The highest BCUT2D eigenvalue weighted by Crippen LogP contribution is 2.13. The molecule has 1 amide bonds. The maximum Gasteiger partial charge on any atom is 0.270 e. The van der Waals surface area contributed by atoms with Crippen LogP contribution in [0.2, 0.25) is 0 Å². The summed E-state index contributed by atoms with van der Waals surface area (Å²) in [6.45, 7) is 5.97. The standard InChI is InChI=1S/C17H24N4O3/c1-19-10-12-20(13-11-19)9-3-8-18-17(22)7-6-15-4-2-5-16(14-15)21(23)24/h2,4-7,14H,3,8-13H2,1H3,(H,18,22)/b7-6+. The van der Waals surface area contributed by atoms with Crippen molar-refractivity contribution in [2.24, 2.45) is 0 Å². The van der Waals surface area contributed by atoms with Crippen LogP contribution in [0, 0.1) is 10.1 Å². The number of likely N-dealkylation sites (N-methyl/N-ethyl adjacent to an activating group) is 1. The number of nitro groups is 1. The Morgan fingerprint density at radius 2 is 2.08 bits per heavy atom. The van der Waals surface area contributed by atoms with Gasteiger partial charge in [0.1, 0.15) is 0 Å². The van der Waals surface area contributed by atoms with Crippen molar-refractivity contribution < 1.29 is 9.72 Å². The molecule has 0 aromatic heterocycles. The third-order valence-electron chi connectivity index (χ3n) is 4.05. The summed E-state index contributed by atoms with van der Waals surface area (Å²) in [7, 11) is 2.13. The molecule has 0 spiro atoms. The molecule has 1 heterocycles. The molecule has 1 saturated heterocycles. The number of nitro benzene ring substituents is 1. The summed E-state index contributed by atoms with van der Waals surface area (Å²) in [6.07, 6.45) is 3.91. The zero-order valence-corrected chi connectivity index (χ0v) is 14.0. The third kappa shape index (κ3) is 6.10. The summed E-state index contributed by atoms with van der Waals surface area (Å²) in [5.41, 5.74) is 0.654. The van der Waals surface area contributed by atoms with Gasteiger partial charge in [-0.05, 0) is 31.7 Å². The van der Waals surface area contributed by atoms with E-state index < -0.39 is 4.92 Å². The topological polar surface area (TPSA) is 78.7 Å². The first-order valence-electron chi connectivity index (χ1n) is 8.16. The normalized spacial score (nSPS) is 16.4. The van der Waals surface area contributed by atoms with Crippen LogP contribution < -0.4 is 5.32 Å². The van der Waals surface area contributed by atoms with Crippen LogP contribution in [0.5, 0.6) is 0 Å². The molecule has 1 N–H and O–H groups in total. The fourth-order valence-corrected chi connectivity index (χ4v) is 2.56. The average Bonchev–Trinajstić information content (AvgIpc) is 2.58. The molecule has 0 aliphatic carbocycles. The first-order chi connectivity index (χ1) is 11.5. The van der Waals surface area contributed by atoms with Crippen LogP contribution >= 0.6 is 0 Å². The molecule has 1 aliphatic rings. The number of non-ortho nitro benzene ring substituents is 1. The van der Waals surface area contributed by atoms with Crippen molar-refractivity contribution in [1.82, 2.24) is 15.1 Å². The maximum atomic E-state index is 11.8. The number of amides is 1. The monoisotopic (exact) mass is 332 g/mol. The molecule has 0 bridgehead atoms. The molecule has 7 heteroatoms. The molecule has 1 aromatic rings. The molecule has 1 fully saturated rings.